The van der Waals surface area contributed by atoms with Gasteiger partial charge in [0.1, 0.15) is 12.4 Å². The van der Waals surface area contributed by atoms with E-state index in [1.165, 1.54) is 0 Å². The fraction of sp³-hybridized carbons (Fsp3) is 0.263. The molecular formula is C19H21NO3. The second-order valence-corrected chi connectivity index (χ2v) is 5.44. The van der Waals surface area contributed by atoms with Crippen molar-refractivity contribution >= 4 is 12.0 Å². The molecular weight excluding hydrogens is 290 g/mol. The zero-order valence-corrected chi connectivity index (χ0v) is 13.7. The Balaban J connectivity index is 2.31. The summed E-state index contributed by atoms with van der Waals surface area (Å²) in [5.41, 5.74) is 4.33. The quantitative estimate of drug-likeness (QED) is 0.624. The van der Waals surface area contributed by atoms with Gasteiger partial charge in [0.15, 0.2) is 0 Å². The van der Waals surface area contributed by atoms with Crippen LogP contribution in [0.3, 0.4) is 0 Å². The van der Waals surface area contributed by atoms with Gasteiger partial charge in [-0.3, -0.25) is 4.79 Å². The van der Waals surface area contributed by atoms with Gasteiger partial charge in [0.05, 0.1) is 12.8 Å². The molecule has 4 nitrogen and oxygen atoms in total. The molecule has 0 fully saturated rings. The van der Waals surface area contributed by atoms with E-state index in [2.05, 4.69) is 0 Å². The Morgan fingerprint density at radius 2 is 1.83 bits per heavy atom. The standard InChI is InChI=1S/C19H21NO3/c1-13-5-4-6-14(2)19(13)23-12-16-9-15(11-22-3)7-8-17(16)18(21)10-20/h4-10,20H,11-12H2,1-3H3. The summed E-state index contributed by atoms with van der Waals surface area (Å²) in [5.74, 6) is 0.506. The molecule has 23 heavy (non-hydrogen) atoms. The predicted molar refractivity (Wildman–Crippen MR) is 90.5 cm³/mol. The highest BCUT2D eigenvalue weighted by atomic mass is 16.5. The van der Waals surface area contributed by atoms with Crippen molar-refractivity contribution in [2.45, 2.75) is 27.1 Å². The van der Waals surface area contributed by atoms with Gasteiger partial charge < -0.3 is 14.9 Å². The number of para-hydroxylation sites is 1. The fourth-order valence-electron chi connectivity index (χ4n) is 2.52. The summed E-state index contributed by atoms with van der Waals surface area (Å²) in [5, 5.41) is 7.20. The third-order valence-electron chi connectivity index (χ3n) is 3.66. The topological polar surface area (TPSA) is 59.4 Å². The third kappa shape index (κ3) is 4.05. The molecule has 2 aromatic rings. The smallest absolute Gasteiger partial charge is 0.203 e. The minimum absolute atomic E-state index is 0.276. The Hall–Kier alpha value is -2.46. The Bertz CT molecular complexity index is 702. The van der Waals surface area contributed by atoms with E-state index < -0.39 is 0 Å². The molecule has 0 aliphatic heterocycles. The molecule has 0 atom stereocenters. The molecule has 0 unspecified atom stereocenters. The SMILES string of the molecule is COCc1ccc(C(=O)C=N)c(COc2c(C)cccc2C)c1. The van der Waals surface area contributed by atoms with Crippen LogP contribution in [0, 0.1) is 19.3 Å². The van der Waals surface area contributed by atoms with Gasteiger partial charge in [0.25, 0.3) is 0 Å². The lowest BCUT2D eigenvalue weighted by molar-refractivity contribution is 0.106. The first kappa shape index (κ1) is 16.9. The molecule has 0 heterocycles. The van der Waals surface area contributed by atoms with E-state index in [4.69, 9.17) is 14.9 Å². The number of hydrogen-bond acceptors (Lipinski definition) is 4. The summed E-state index contributed by atoms with van der Waals surface area (Å²) >= 11 is 0. The summed E-state index contributed by atoms with van der Waals surface area (Å²) in [7, 11) is 1.63. The van der Waals surface area contributed by atoms with Crippen molar-refractivity contribution in [3.05, 3.63) is 64.2 Å². The van der Waals surface area contributed by atoms with Crippen LogP contribution in [-0.4, -0.2) is 19.1 Å². The maximum Gasteiger partial charge on any atom is 0.203 e. The Morgan fingerprint density at radius 1 is 1.13 bits per heavy atom. The Morgan fingerprint density at radius 3 is 2.43 bits per heavy atom. The van der Waals surface area contributed by atoms with E-state index in [1.807, 2.05) is 44.2 Å². The molecule has 4 heteroatoms. The fourth-order valence-corrected chi connectivity index (χ4v) is 2.52. The van der Waals surface area contributed by atoms with Crippen LogP contribution in [0.2, 0.25) is 0 Å². The highest BCUT2D eigenvalue weighted by Gasteiger charge is 2.12. The van der Waals surface area contributed by atoms with Crippen LogP contribution in [0.5, 0.6) is 5.75 Å². The third-order valence-corrected chi connectivity index (χ3v) is 3.66. The van der Waals surface area contributed by atoms with Gasteiger partial charge >= 0.3 is 0 Å². The van der Waals surface area contributed by atoms with Crippen molar-refractivity contribution in [2.24, 2.45) is 0 Å². The van der Waals surface area contributed by atoms with E-state index in [0.717, 1.165) is 34.2 Å². The van der Waals surface area contributed by atoms with Crippen molar-refractivity contribution in [1.29, 1.82) is 5.41 Å². The molecule has 120 valence electrons. The van der Waals surface area contributed by atoms with Crippen molar-refractivity contribution in [3.63, 3.8) is 0 Å². The second kappa shape index (κ2) is 7.70. The van der Waals surface area contributed by atoms with Crippen LogP contribution in [0.15, 0.2) is 36.4 Å². The number of benzene rings is 2. The number of ether oxygens (including phenoxy) is 2. The monoisotopic (exact) mass is 311 g/mol. The Kier molecular flexibility index (Phi) is 5.66. The van der Waals surface area contributed by atoms with E-state index in [-0.39, 0.29) is 12.4 Å². The van der Waals surface area contributed by atoms with Crippen molar-refractivity contribution in [3.8, 4) is 5.75 Å². The minimum Gasteiger partial charge on any atom is -0.488 e. The summed E-state index contributed by atoms with van der Waals surface area (Å²) in [6.45, 7) is 4.73. The summed E-state index contributed by atoms with van der Waals surface area (Å²) in [4.78, 5) is 11.9. The zero-order chi connectivity index (χ0) is 16.8. The molecule has 1 N–H and O–H groups in total. The van der Waals surface area contributed by atoms with Crippen LogP contribution in [-0.2, 0) is 18.0 Å². The van der Waals surface area contributed by atoms with Crippen molar-refractivity contribution in [2.75, 3.05) is 7.11 Å². The average Bonchev–Trinajstić information content (AvgIpc) is 2.54. The molecule has 2 aromatic carbocycles. The van der Waals surface area contributed by atoms with Crippen molar-refractivity contribution in [1.82, 2.24) is 0 Å². The molecule has 0 saturated carbocycles. The van der Waals surface area contributed by atoms with E-state index in [0.29, 0.717) is 12.2 Å². The van der Waals surface area contributed by atoms with Crippen molar-refractivity contribution < 1.29 is 14.3 Å². The molecule has 0 spiro atoms. The second-order valence-electron chi connectivity index (χ2n) is 5.44. The highest BCUT2D eigenvalue weighted by Crippen LogP contribution is 2.24. The van der Waals surface area contributed by atoms with E-state index in [9.17, 15) is 4.79 Å². The van der Waals surface area contributed by atoms with Gasteiger partial charge in [-0.2, -0.15) is 0 Å². The van der Waals surface area contributed by atoms with Gasteiger partial charge in [-0.1, -0.05) is 30.3 Å². The number of carbonyl (C=O) groups is 1. The summed E-state index contributed by atoms with van der Waals surface area (Å²) in [6.07, 6.45) is 0.827. The maximum atomic E-state index is 11.9. The highest BCUT2D eigenvalue weighted by molar-refractivity contribution is 6.34. The molecule has 0 saturated heterocycles. The summed E-state index contributed by atoms with van der Waals surface area (Å²) in [6, 6.07) is 11.4. The number of Topliss-reactive ketones (excluding diaryl/α,β-unsaturated/α-hetero) is 1. The normalized spacial score (nSPS) is 10.4. The zero-order valence-electron chi connectivity index (χ0n) is 13.7. The number of hydrogen-bond donors (Lipinski definition) is 1. The molecule has 0 aliphatic rings. The van der Waals surface area contributed by atoms with Crippen LogP contribution in [0.4, 0.5) is 0 Å². The number of rotatable bonds is 7. The first-order valence-corrected chi connectivity index (χ1v) is 7.41. The lowest BCUT2D eigenvalue weighted by Crippen LogP contribution is -2.09. The minimum atomic E-state index is -0.325. The lowest BCUT2D eigenvalue weighted by Gasteiger charge is -2.14. The van der Waals surface area contributed by atoms with Gasteiger partial charge in [0.2, 0.25) is 5.78 Å². The van der Waals surface area contributed by atoms with Gasteiger partial charge in [-0.05, 0) is 36.6 Å². The van der Waals surface area contributed by atoms with Gasteiger partial charge in [-0.15, -0.1) is 0 Å². The number of ketones is 1. The number of methoxy groups -OCH3 is 1. The molecule has 0 radical (unpaired) electrons. The first-order chi connectivity index (χ1) is 11.1. The van der Waals surface area contributed by atoms with E-state index >= 15 is 0 Å². The maximum absolute atomic E-state index is 11.9. The van der Waals surface area contributed by atoms with Crippen LogP contribution in [0.1, 0.15) is 32.6 Å². The van der Waals surface area contributed by atoms with Gasteiger partial charge in [-0.25, -0.2) is 0 Å². The molecule has 0 bridgehead atoms. The van der Waals surface area contributed by atoms with Gasteiger partial charge in [0, 0.05) is 18.2 Å². The number of carbonyl (C=O) groups excluding carboxylic acids is 1. The van der Waals surface area contributed by atoms with E-state index in [1.54, 1.807) is 13.2 Å². The predicted octanol–water partition coefficient (Wildman–Crippen LogP) is 3.86. The lowest BCUT2D eigenvalue weighted by atomic mass is 10.0. The Labute approximate surface area is 136 Å². The molecule has 0 aromatic heterocycles. The molecule has 0 amide bonds. The molecule has 0 aliphatic carbocycles. The number of nitrogens with one attached hydrogen (secondary N) is 1. The van der Waals surface area contributed by atoms with Crippen LogP contribution >= 0.6 is 0 Å². The summed E-state index contributed by atoms with van der Waals surface area (Å²) < 4.78 is 11.1. The number of aryl methyl sites for hydroxylation is 2. The van der Waals surface area contributed by atoms with Crippen LogP contribution < -0.4 is 4.74 Å². The largest absolute Gasteiger partial charge is 0.488 e. The van der Waals surface area contributed by atoms with Crippen LogP contribution in [0.25, 0.3) is 0 Å². The first-order valence-electron chi connectivity index (χ1n) is 7.41. The molecule has 2 rings (SSSR count). The average molecular weight is 311 g/mol.